The molecule has 0 fully saturated rings. The summed E-state index contributed by atoms with van der Waals surface area (Å²) in [5.74, 6) is 0. The van der Waals surface area contributed by atoms with E-state index in [1.807, 2.05) is 0 Å². The van der Waals surface area contributed by atoms with Gasteiger partial charge in [-0.1, -0.05) is 0 Å². The van der Waals surface area contributed by atoms with E-state index in [9.17, 15) is 0 Å². The monoisotopic (exact) mass is 119 g/mol. The third kappa shape index (κ3) is 83.2. The topological polar surface area (TPSA) is 80.5 Å². The lowest BCUT2D eigenvalue weighted by Crippen LogP contribution is -1.72. The molecular formula is C2H5N3OS. The molecule has 0 atom stereocenters. The number of hydrogen-bond donors (Lipinski definition) is 2. The van der Waals surface area contributed by atoms with E-state index in [0.717, 1.165) is 0 Å². The molecule has 0 aromatic rings. The molecule has 0 heterocycles. The summed E-state index contributed by atoms with van der Waals surface area (Å²) in [4.78, 5) is 1.75. The van der Waals surface area contributed by atoms with Crippen molar-refractivity contribution < 1.29 is 5.11 Å². The summed E-state index contributed by atoms with van der Waals surface area (Å²) >= 11 is 4.09. The molecular weight excluding hydrogens is 114 g/mol. The highest BCUT2D eigenvalue weighted by atomic mass is 32.1. The van der Waals surface area contributed by atoms with Crippen LogP contribution >= 0.6 is 12.2 Å². The lowest BCUT2D eigenvalue weighted by Gasteiger charge is -1.64. The van der Waals surface area contributed by atoms with Crippen LogP contribution in [0.1, 0.15) is 6.92 Å². The van der Waals surface area contributed by atoms with Gasteiger partial charge < -0.3 is 5.11 Å². The summed E-state index contributed by atoms with van der Waals surface area (Å²) in [6.45, 7) is 1.45. The highest BCUT2D eigenvalue weighted by molar-refractivity contribution is 7.79. The molecule has 0 saturated heterocycles. The van der Waals surface area contributed by atoms with Gasteiger partial charge in [-0.25, -0.2) is 0 Å². The van der Waals surface area contributed by atoms with E-state index in [0.29, 0.717) is 0 Å². The minimum atomic E-state index is 0.000000000000000222. The molecule has 2 N–H and O–H groups in total. The second-order valence-corrected chi connectivity index (χ2v) is 1.21. The normalized spacial score (nSPS) is 4.71. The summed E-state index contributed by atoms with van der Waals surface area (Å²) < 4.78 is 0. The third-order valence-electron chi connectivity index (χ3n) is 0. The molecule has 40 valence electrons. The Morgan fingerprint density at radius 1 is 2.00 bits per heavy atom. The van der Waals surface area contributed by atoms with Crippen LogP contribution in [-0.2, 0) is 0 Å². The molecule has 0 unspecified atom stereocenters. The van der Waals surface area contributed by atoms with Gasteiger partial charge in [-0.15, -0.1) is 5.53 Å². The predicted octanol–water partition coefficient (Wildman–Crippen LogP) is 1.77. The van der Waals surface area contributed by atoms with E-state index in [1.54, 1.807) is 4.91 Å². The quantitative estimate of drug-likeness (QED) is 0.220. The van der Waals surface area contributed by atoms with Crippen LogP contribution in [0.25, 0.3) is 10.4 Å². The van der Waals surface area contributed by atoms with Gasteiger partial charge in [0.25, 0.3) is 0 Å². The van der Waals surface area contributed by atoms with Gasteiger partial charge in [0.1, 0.15) is 0 Å². The summed E-state index contributed by atoms with van der Waals surface area (Å²) in [7, 11) is 0. The van der Waals surface area contributed by atoms with E-state index >= 15 is 0 Å². The van der Waals surface area contributed by atoms with E-state index in [2.05, 4.69) is 12.2 Å². The standard InChI is InChI=1S/C2H4OS.HN3/c1-2(3)4;1-3-2/h1H3,(H,3,4);1H. The highest BCUT2D eigenvalue weighted by Gasteiger charge is 1.58. The summed E-state index contributed by atoms with van der Waals surface area (Å²) in [5.41, 5.74) is 12.2. The van der Waals surface area contributed by atoms with Crippen LogP contribution in [0.2, 0.25) is 0 Å². The van der Waals surface area contributed by atoms with E-state index < -0.39 is 0 Å². The average Bonchev–Trinajstić information content (AvgIpc) is 1.33. The van der Waals surface area contributed by atoms with E-state index in [1.165, 1.54) is 6.92 Å². The maximum Gasteiger partial charge on any atom is 0.153 e. The Hall–Kier alpha value is -0.800. The Morgan fingerprint density at radius 2 is 2.00 bits per heavy atom. The molecule has 0 amide bonds. The van der Waals surface area contributed by atoms with Crippen molar-refractivity contribution in [3.8, 4) is 0 Å². The molecule has 0 bridgehead atoms. The molecule has 0 saturated carbocycles. The molecule has 0 aliphatic heterocycles. The second-order valence-electron chi connectivity index (χ2n) is 0.619. The van der Waals surface area contributed by atoms with Crippen molar-refractivity contribution in [2.75, 3.05) is 0 Å². The van der Waals surface area contributed by atoms with Gasteiger partial charge in [-0.2, -0.15) is 0 Å². The number of nitrogens with zero attached hydrogens (tertiary/aromatic N) is 2. The van der Waals surface area contributed by atoms with Crippen molar-refractivity contribution in [3.63, 3.8) is 0 Å². The molecule has 4 nitrogen and oxygen atoms in total. The molecule has 0 aromatic heterocycles. The molecule has 0 rings (SSSR count). The van der Waals surface area contributed by atoms with E-state index in [-0.39, 0.29) is 5.05 Å². The van der Waals surface area contributed by atoms with Crippen molar-refractivity contribution in [2.45, 2.75) is 6.92 Å². The minimum absolute atomic E-state index is 0.000000000000000222. The lowest BCUT2D eigenvalue weighted by molar-refractivity contribution is 0.565. The second kappa shape index (κ2) is 8.96. The van der Waals surface area contributed by atoms with Crippen LogP contribution in [-0.4, -0.2) is 10.2 Å². The SMILES string of the molecule is CC(O)=S.[N-]=[N+]=N. The number of hydrogen-bond acceptors (Lipinski definition) is 2. The van der Waals surface area contributed by atoms with Gasteiger partial charge in [0.15, 0.2) is 5.05 Å². The summed E-state index contributed by atoms with van der Waals surface area (Å²) in [6, 6.07) is 0. The van der Waals surface area contributed by atoms with Crippen LogP contribution in [0.15, 0.2) is 0 Å². The van der Waals surface area contributed by atoms with Crippen molar-refractivity contribution in [1.29, 1.82) is 5.53 Å². The Balaban J connectivity index is 0. The maximum absolute atomic E-state index is 7.79. The van der Waals surface area contributed by atoms with Gasteiger partial charge in [-0.05, 0) is 22.7 Å². The smallest absolute Gasteiger partial charge is 0.153 e. The number of thiocarbonyl (C=S) groups is 1. The predicted molar refractivity (Wildman–Crippen MR) is 30.3 cm³/mol. The Morgan fingerprint density at radius 3 is 2.00 bits per heavy atom. The first-order valence-corrected chi connectivity index (χ1v) is 1.76. The lowest BCUT2D eigenvalue weighted by atomic mass is 10.9. The van der Waals surface area contributed by atoms with Gasteiger partial charge >= 0.3 is 0 Å². The molecule has 0 aliphatic rings. The fourth-order valence-corrected chi connectivity index (χ4v) is 0. The van der Waals surface area contributed by atoms with Crippen molar-refractivity contribution >= 4 is 17.3 Å². The molecule has 0 aromatic carbocycles. The molecule has 0 aliphatic carbocycles. The zero-order chi connectivity index (χ0) is 6.28. The van der Waals surface area contributed by atoms with Crippen LogP contribution < -0.4 is 0 Å². The van der Waals surface area contributed by atoms with Gasteiger partial charge in [0, 0.05) is 6.92 Å². The van der Waals surface area contributed by atoms with Crippen LogP contribution in [0, 0.1) is 5.53 Å². The number of aliphatic hydroxyl groups is 1. The van der Waals surface area contributed by atoms with E-state index in [4.69, 9.17) is 16.2 Å². The number of rotatable bonds is 0. The fourth-order valence-electron chi connectivity index (χ4n) is 0. The van der Waals surface area contributed by atoms with Crippen molar-refractivity contribution in [2.24, 2.45) is 0 Å². The largest absolute Gasteiger partial charge is 0.502 e. The summed E-state index contributed by atoms with van der Waals surface area (Å²) in [6.07, 6.45) is 0. The fraction of sp³-hybridized carbons (Fsp3) is 0.500. The molecule has 5 heteroatoms. The molecule has 0 radical (unpaired) electrons. The zero-order valence-corrected chi connectivity index (χ0v) is 4.57. The Kier molecular flexibility index (Phi) is 12.2. The average molecular weight is 119 g/mol. The summed E-state index contributed by atoms with van der Waals surface area (Å²) in [5, 5.41) is 7.79. The third-order valence-corrected chi connectivity index (χ3v) is 0. The van der Waals surface area contributed by atoms with Crippen LogP contribution in [0.3, 0.4) is 0 Å². The number of nitrogens with one attached hydrogen (secondary N) is 1. The zero-order valence-electron chi connectivity index (χ0n) is 3.75. The van der Waals surface area contributed by atoms with Crippen LogP contribution in [0.4, 0.5) is 0 Å². The van der Waals surface area contributed by atoms with Gasteiger partial charge in [0.2, 0.25) is 0 Å². The number of aliphatic hydroxyl groups excluding tert-OH is 1. The maximum atomic E-state index is 7.79. The highest BCUT2D eigenvalue weighted by Crippen LogP contribution is 1.54. The van der Waals surface area contributed by atoms with Crippen molar-refractivity contribution in [1.82, 2.24) is 0 Å². The first-order chi connectivity index (χ1) is 3.15. The van der Waals surface area contributed by atoms with Gasteiger partial charge in [0.05, 0.1) is 0 Å². The van der Waals surface area contributed by atoms with Gasteiger partial charge in [-0.3, -0.25) is 0 Å². The first kappa shape index (κ1) is 9.50. The Bertz CT molecular complexity index is 80.9. The minimum Gasteiger partial charge on any atom is -0.502 e. The van der Waals surface area contributed by atoms with Crippen LogP contribution in [0.5, 0.6) is 0 Å². The van der Waals surface area contributed by atoms with Crippen molar-refractivity contribution in [3.05, 3.63) is 10.4 Å². The first-order valence-electron chi connectivity index (χ1n) is 1.35. The Labute approximate surface area is 46.2 Å². The molecule has 0 spiro atoms. The molecule has 7 heavy (non-hydrogen) atoms.